The minimum absolute atomic E-state index is 0.522. The maximum absolute atomic E-state index is 11.0. The number of allylic oxidation sites excluding steroid dienone is 1. The molecule has 1 unspecified atom stereocenters. The van der Waals surface area contributed by atoms with Crippen molar-refractivity contribution in [3.63, 3.8) is 0 Å². The average Bonchev–Trinajstić information content (AvgIpc) is 2.00. The Labute approximate surface area is 80.3 Å². The summed E-state index contributed by atoms with van der Waals surface area (Å²) in [6.45, 7) is 0. The Bertz CT molecular complexity index is 298. The average molecular weight is 282 g/mol. The third-order valence-electron chi connectivity index (χ3n) is 1.26. The molecule has 12 heavy (non-hydrogen) atoms. The Hall–Kier alpha value is -0.990. The lowest BCUT2D eigenvalue weighted by atomic mass is 10.2. The molecule has 0 radical (unpaired) electrons. The van der Waals surface area contributed by atoms with Crippen LogP contribution < -0.4 is 5.32 Å². The quantitative estimate of drug-likeness (QED) is 0.233. The number of alkyl halides is 1. The second kappa shape index (κ2) is 3.17. The van der Waals surface area contributed by atoms with Crippen LogP contribution in [0, 0.1) is 10.1 Å². The van der Waals surface area contributed by atoms with Crippen molar-refractivity contribution in [1.82, 2.24) is 5.32 Å². The number of rotatable bonds is 1. The minimum atomic E-state index is -0.993. The van der Waals surface area contributed by atoms with Gasteiger partial charge in [-0.3, -0.25) is 19.7 Å². The van der Waals surface area contributed by atoms with Gasteiger partial charge in [-0.2, -0.15) is 0 Å². The van der Waals surface area contributed by atoms with Crippen molar-refractivity contribution in [1.29, 1.82) is 0 Å². The first-order valence-electron chi connectivity index (χ1n) is 2.87. The summed E-state index contributed by atoms with van der Waals surface area (Å²) in [6.07, 6.45) is 0.819. The lowest BCUT2D eigenvalue weighted by Crippen LogP contribution is -2.40. The fourth-order valence-electron chi connectivity index (χ4n) is 0.675. The maximum atomic E-state index is 11.0. The van der Waals surface area contributed by atoms with Gasteiger partial charge in [0.15, 0.2) is 3.92 Å². The Morgan fingerprint density at radius 2 is 2.17 bits per heavy atom. The molecule has 0 aromatic carbocycles. The molecule has 0 bridgehead atoms. The molecule has 0 fully saturated rings. The highest BCUT2D eigenvalue weighted by molar-refractivity contribution is 14.1. The number of halogens is 1. The molecule has 64 valence electrons. The Morgan fingerprint density at radius 1 is 1.58 bits per heavy atom. The van der Waals surface area contributed by atoms with Crippen LogP contribution in [0.15, 0.2) is 11.9 Å². The number of carbonyl (C=O) groups excluding carboxylic acids is 2. The molecule has 0 saturated carbocycles. The molecule has 0 saturated heterocycles. The number of ketones is 1. The fourth-order valence-corrected chi connectivity index (χ4v) is 1.17. The maximum Gasteiger partial charge on any atom is 0.329 e. The number of nitrogens with zero attached hydrogens (tertiary/aromatic N) is 1. The third-order valence-corrected chi connectivity index (χ3v) is 2.39. The van der Waals surface area contributed by atoms with Crippen molar-refractivity contribution >= 4 is 34.3 Å². The van der Waals surface area contributed by atoms with Gasteiger partial charge in [-0.25, -0.2) is 0 Å². The van der Waals surface area contributed by atoms with Crippen LogP contribution in [0.4, 0.5) is 0 Å². The minimum Gasteiger partial charge on any atom is -0.325 e. The van der Waals surface area contributed by atoms with Crippen molar-refractivity contribution in [2.24, 2.45) is 0 Å². The van der Waals surface area contributed by atoms with Gasteiger partial charge < -0.3 is 5.32 Å². The van der Waals surface area contributed by atoms with E-state index in [2.05, 4.69) is 5.32 Å². The predicted molar refractivity (Wildman–Crippen MR) is 46.0 cm³/mol. The molecule has 0 aliphatic carbocycles. The van der Waals surface area contributed by atoms with Gasteiger partial charge in [-0.1, -0.05) is 22.6 Å². The zero-order chi connectivity index (χ0) is 9.30. The molecule has 1 amide bonds. The highest BCUT2D eigenvalue weighted by Gasteiger charge is 2.36. The third kappa shape index (κ3) is 1.44. The second-order valence-electron chi connectivity index (χ2n) is 2.02. The topological polar surface area (TPSA) is 89.3 Å². The van der Waals surface area contributed by atoms with Crippen molar-refractivity contribution in [2.45, 2.75) is 3.92 Å². The number of nitro groups is 1. The zero-order valence-electron chi connectivity index (χ0n) is 5.61. The van der Waals surface area contributed by atoms with E-state index in [0.717, 1.165) is 6.20 Å². The SMILES string of the molecule is O=C1NC=C([N+](=O)[O-])C(=O)C1I. The Morgan fingerprint density at radius 3 is 2.67 bits per heavy atom. The lowest BCUT2D eigenvalue weighted by molar-refractivity contribution is -0.419. The van der Waals surface area contributed by atoms with Gasteiger partial charge in [0, 0.05) is 0 Å². The molecule has 0 aromatic heterocycles. The molecule has 1 aliphatic heterocycles. The highest BCUT2D eigenvalue weighted by atomic mass is 127. The molecule has 0 aromatic rings. The van der Waals surface area contributed by atoms with Crippen molar-refractivity contribution in [3.8, 4) is 0 Å². The van der Waals surface area contributed by atoms with E-state index in [1.54, 1.807) is 22.6 Å². The molecule has 1 N–H and O–H groups in total. The lowest BCUT2D eigenvalue weighted by Gasteiger charge is -2.10. The Balaban J connectivity index is 3.00. The standard InChI is InChI=1S/C5H3IN2O4/c6-3-4(9)2(8(11)12)1-7-5(3)10/h1,3H,(H,7,10). The van der Waals surface area contributed by atoms with E-state index in [4.69, 9.17) is 0 Å². The zero-order valence-corrected chi connectivity index (χ0v) is 7.77. The van der Waals surface area contributed by atoms with Crippen LogP contribution in [0.1, 0.15) is 0 Å². The van der Waals surface area contributed by atoms with Gasteiger partial charge in [0.05, 0.1) is 11.1 Å². The fraction of sp³-hybridized carbons (Fsp3) is 0.200. The molecule has 0 spiro atoms. The first kappa shape index (κ1) is 9.10. The predicted octanol–water partition coefficient (Wildman–Crippen LogP) is -0.393. The van der Waals surface area contributed by atoms with E-state index in [9.17, 15) is 19.7 Å². The number of carbonyl (C=O) groups is 2. The van der Waals surface area contributed by atoms with Crippen LogP contribution in [-0.4, -0.2) is 20.5 Å². The molecule has 7 heteroatoms. The number of hydrogen-bond donors (Lipinski definition) is 1. The number of hydrogen-bond acceptors (Lipinski definition) is 4. The molecule has 1 atom stereocenters. The number of nitrogens with one attached hydrogen (secondary N) is 1. The summed E-state index contributed by atoms with van der Waals surface area (Å²) in [7, 11) is 0. The van der Waals surface area contributed by atoms with E-state index in [0.29, 0.717) is 0 Å². The number of amides is 1. The van der Waals surface area contributed by atoms with Crippen molar-refractivity contribution in [3.05, 3.63) is 22.0 Å². The molecule has 1 heterocycles. The van der Waals surface area contributed by atoms with Crippen LogP contribution in [0.2, 0.25) is 0 Å². The number of Topliss-reactive ketones (excluding diaryl/α,β-unsaturated/α-hetero) is 1. The molecule has 1 rings (SSSR count). The largest absolute Gasteiger partial charge is 0.329 e. The normalized spacial score (nSPS) is 23.1. The van der Waals surface area contributed by atoms with E-state index in [1.165, 1.54) is 0 Å². The van der Waals surface area contributed by atoms with Crippen LogP contribution >= 0.6 is 22.6 Å². The first-order valence-corrected chi connectivity index (χ1v) is 4.12. The molecule has 1 aliphatic rings. The Kier molecular flexibility index (Phi) is 2.40. The van der Waals surface area contributed by atoms with Crippen LogP contribution in [0.3, 0.4) is 0 Å². The van der Waals surface area contributed by atoms with Gasteiger partial charge in [-0.15, -0.1) is 0 Å². The monoisotopic (exact) mass is 282 g/mol. The van der Waals surface area contributed by atoms with Gasteiger partial charge in [0.2, 0.25) is 5.91 Å². The molecular weight excluding hydrogens is 279 g/mol. The molecule has 6 nitrogen and oxygen atoms in total. The van der Waals surface area contributed by atoms with Gasteiger partial charge in [0.1, 0.15) is 0 Å². The highest BCUT2D eigenvalue weighted by Crippen LogP contribution is 2.13. The summed E-state index contributed by atoms with van der Waals surface area (Å²) in [4.78, 5) is 31.1. The van der Waals surface area contributed by atoms with Crippen LogP contribution in [0.5, 0.6) is 0 Å². The summed E-state index contributed by atoms with van der Waals surface area (Å²) in [5, 5.41) is 12.3. The smallest absolute Gasteiger partial charge is 0.325 e. The van der Waals surface area contributed by atoms with E-state index in [1.807, 2.05) is 0 Å². The summed E-state index contributed by atoms with van der Waals surface area (Å²) in [5.74, 6) is -1.28. The van der Waals surface area contributed by atoms with E-state index in [-0.39, 0.29) is 0 Å². The van der Waals surface area contributed by atoms with Crippen molar-refractivity contribution in [2.75, 3.05) is 0 Å². The van der Waals surface area contributed by atoms with Crippen LogP contribution in [0.25, 0.3) is 0 Å². The van der Waals surface area contributed by atoms with E-state index >= 15 is 0 Å². The van der Waals surface area contributed by atoms with Crippen LogP contribution in [-0.2, 0) is 9.59 Å². The van der Waals surface area contributed by atoms with Gasteiger partial charge >= 0.3 is 5.70 Å². The first-order chi connectivity index (χ1) is 5.54. The summed E-state index contributed by atoms with van der Waals surface area (Å²) in [5.41, 5.74) is -0.575. The summed E-state index contributed by atoms with van der Waals surface area (Å²) >= 11 is 1.55. The van der Waals surface area contributed by atoms with E-state index < -0.39 is 26.2 Å². The van der Waals surface area contributed by atoms with Crippen molar-refractivity contribution < 1.29 is 14.5 Å². The summed E-state index contributed by atoms with van der Waals surface area (Å²) in [6, 6.07) is 0. The molecular formula is C5H3IN2O4. The second-order valence-corrected chi connectivity index (χ2v) is 3.27. The van der Waals surface area contributed by atoms with Gasteiger partial charge in [0.25, 0.3) is 5.78 Å². The summed E-state index contributed by atoms with van der Waals surface area (Å²) < 4.78 is -0.993. The van der Waals surface area contributed by atoms with Gasteiger partial charge in [-0.05, 0) is 0 Å².